The Morgan fingerprint density at radius 1 is 1.09 bits per heavy atom. The predicted molar refractivity (Wildman–Crippen MR) is 124 cm³/mol. The van der Waals surface area contributed by atoms with Gasteiger partial charge in [0.1, 0.15) is 0 Å². The molecule has 0 saturated heterocycles. The Hall–Kier alpha value is -3.12. The van der Waals surface area contributed by atoms with Gasteiger partial charge in [-0.25, -0.2) is 0 Å². The van der Waals surface area contributed by atoms with E-state index in [2.05, 4.69) is 5.32 Å². The summed E-state index contributed by atoms with van der Waals surface area (Å²) in [6, 6.07) is 13.6. The fourth-order valence-corrected chi connectivity index (χ4v) is 4.08. The van der Waals surface area contributed by atoms with Gasteiger partial charge in [-0.05, 0) is 42.7 Å². The van der Waals surface area contributed by atoms with E-state index in [4.69, 9.17) is 16.3 Å². The molecule has 2 atom stereocenters. The number of halogens is 1. The van der Waals surface area contributed by atoms with Gasteiger partial charge in [-0.1, -0.05) is 54.1 Å². The Kier molecular flexibility index (Phi) is 7.70. The van der Waals surface area contributed by atoms with E-state index in [-0.39, 0.29) is 30.8 Å². The van der Waals surface area contributed by atoms with E-state index in [1.165, 1.54) is 6.92 Å². The first-order valence-corrected chi connectivity index (χ1v) is 10.9. The molecule has 32 heavy (non-hydrogen) atoms. The Morgan fingerprint density at radius 3 is 2.47 bits per heavy atom. The van der Waals surface area contributed by atoms with Crippen LogP contribution in [0, 0.1) is 0 Å². The molecule has 0 spiro atoms. The van der Waals surface area contributed by atoms with Crippen molar-refractivity contribution in [1.82, 2.24) is 10.2 Å². The van der Waals surface area contributed by atoms with Crippen LogP contribution in [-0.2, 0) is 19.1 Å². The second-order valence-corrected chi connectivity index (χ2v) is 8.38. The smallest absolute Gasteiger partial charge is 0.308 e. The minimum atomic E-state index is -0.650. The maximum absolute atomic E-state index is 13.1. The van der Waals surface area contributed by atoms with Crippen LogP contribution in [0.25, 0.3) is 6.08 Å². The van der Waals surface area contributed by atoms with Gasteiger partial charge in [0.05, 0.1) is 31.0 Å². The van der Waals surface area contributed by atoms with Crippen LogP contribution in [0.4, 0.5) is 0 Å². The fraction of sp³-hybridized carbons (Fsp3) is 0.320. The number of fused-ring (bicyclic) bond motifs is 1. The van der Waals surface area contributed by atoms with Crippen molar-refractivity contribution >= 4 is 35.5 Å². The number of esters is 1. The lowest BCUT2D eigenvalue weighted by Gasteiger charge is -2.32. The van der Waals surface area contributed by atoms with Gasteiger partial charge in [0, 0.05) is 18.1 Å². The van der Waals surface area contributed by atoms with Crippen LogP contribution >= 0.6 is 11.6 Å². The van der Waals surface area contributed by atoms with Crippen LogP contribution in [-0.4, -0.2) is 28.8 Å². The van der Waals surface area contributed by atoms with Crippen LogP contribution in [0.5, 0.6) is 0 Å². The van der Waals surface area contributed by atoms with Crippen molar-refractivity contribution in [2.45, 2.75) is 51.8 Å². The highest BCUT2D eigenvalue weighted by Gasteiger charge is 2.30. The molecule has 1 N–H and O–H groups in total. The third-order valence-corrected chi connectivity index (χ3v) is 5.55. The van der Waals surface area contributed by atoms with E-state index in [0.717, 1.165) is 11.1 Å². The average Bonchev–Trinajstić information content (AvgIpc) is 2.73. The van der Waals surface area contributed by atoms with Crippen LogP contribution in [0.15, 0.2) is 54.7 Å². The SMILES string of the molecule is CC(=O)N1C=Cc2ccccc2C1CC(=O)NC(CC(=O)OC(C)C)c1ccccc1Cl. The van der Waals surface area contributed by atoms with Crippen molar-refractivity contribution in [2.75, 3.05) is 0 Å². The van der Waals surface area contributed by atoms with Crippen LogP contribution in [0.1, 0.15) is 62.4 Å². The Balaban J connectivity index is 1.82. The summed E-state index contributed by atoms with van der Waals surface area (Å²) in [5, 5.41) is 3.38. The highest BCUT2D eigenvalue weighted by molar-refractivity contribution is 6.31. The van der Waals surface area contributed by atoms with Crippen molar-refractivity contribution in [3.05, 3.63) is 76.4 Å². The molecule has 1 heterocycles. The number of nitrogens with one attached hydrogen (secondary N) is 1. The first-order chi connectivity index (χ1) is 15.3. The van der Waals surface area contributed by atoms with Crippen LogP contribution in [0.2, 0.25) is 5.02 Å². The minimum absolute atomic E-state index is 0.0428. The molecule has 2 aromatic rings. The first-order valence-electron chi connectivity index (χ1n) is 10.6. The highest BCUT2D eigenvalue weighted by Crippen LogP contribution is 2.33. The lowest BCUT2D eigenvalue weighted by atomic mass is 9.93. The van der Waals surface area contributed by atoms with Gasteiger partial charge in [0.15, 0.2) is 0 Å². The standard InChI is InChI=1S/C25H27ClN2O4/c1-16(2)32-25(31)14-22(20-10-6-7-11-21(20)26)27-24(30)15-23-19-9-5-4-8-18(19)12-13-28(23)17(3)29/h4-13,16,22-23H,14-15H2,1-3H3,(H,27,30). The van der Waals surface area contributed by atoms with Crippen molar-refractivity contribution in [2.24, 2.45) is 0 Å². The highest BCUT2D eigenvalue weighted by atomic mass is 35.5. The number of carbonyl (C=O) groups is 3. The van der Waals surface area contributed by atoms with Crippen molar-refractivity contribution in [3.63, 3.8) is 0 Å². The summed E-state index contributed by atoms with van der Waals surface area (Å²) in [4.78, 5) is 39.2. The van der Waals surface area contributed by atoms with Gasteiger partial charge >= 0.3 is 5.97 Å². The summed E-state index contributed by atoms with van der Waals surface area (Å²) in [6.45, 7) is 5.01. The maximum Gasteiger partial charge on any atom is 0.308 e. The zero-order valence-electron chi connectivity index (χ0n) is 18.4. The summed E-state index contributed by atoms with van der Waals surface area (Å²) in [7, 11) is 0. The van der Waals surface area contributed by atoms with Crippen molar-refractivity contribution in [3.8, 4) is 0 Å². The molecule has 2 amide bonds. The molecule has 6 nitrogen and oxygen atoms in total. The Morgan fingerprint density at radius 2 is 1.78 bits per heavy atom. The van der Waals surface area contributed by atoms with Gasteiger partial charge in [-0.2, -0.15) is 0 Å². The normalized spacial score (nSPS) is 15.8. The van der Waals surface area contributed by atoms with Crippen LogP contribution < -0.4 is 5.32 Å². The van der Waals surface area contributed by atoms with Crippen molar-refractivity contribution in [1.29, 1.82) is 0 Å². The molecule has 7 heteroatoms. The molecule has 0 fully saturated rings. The fourth-order valence-electron chi connectivity index (χ4n) is 3.82. The summed E-state index contributed by atoms with van der Waals surface area (Å²) in [6.07, 6.45) is 3.29. The Bertz CT molecular complexity index is 1030. The zero-order valence-corrected chi connectivity index (χ0v) is 19.1. The quantitative estimate of drug-likeness (QED) is 0.609. The number of carbonyl (C=O) groups excluding carboxylic acids is 3. The van der Waals surface area contributed by atoms with E-state index < -0.39 is 18.1 Å². The maximum atomic E-state index is 13.1. The second-order valence-electron chi connectivity index (χ2n) is 7.98. The van der Waals surface area contributed by atoms with E-state index >= 15 is 0 Å². The number of rotatable bonds is 7. The van der Waals surface area contributed by atoms with Gasteiger partial charge < -0.3 is 15.0 Å². The topological polar surface area (TPSA) is 75.7 Å². The summed E-state index contributed by atoms with van der Waals surface area (Å²) >= 11 is 6.35. The van der Waals surface area contributed by atoms with Gasteiger partial charge in [0.2, 0.25) is 11.8 Å². The molecule has 3 rings (SSSR count). The molecular weight excluding hydrogens is 428 g/mol. The molecule has 0 saturated carbocycles. The third-order valence-electron chi connectivity index (χ3n) is 5.20. The van der Waals surface area contributed by atoms with Gasteiger partial charge in [-0.15, -0.1) is 0 Å². The molecule has 2 aromatic carbocycles. The average molecular weight is 455 g/mol. The number of amides is 2. The summed E-state index contributed by atoms with van der Waals surface area (Å²) in [5.41, 5.74) is 2.50. The van der Waals surface area contributed by atoms with E-state index in [1.54, 1.807) is 49.2 Å². The first kappa shape index (κ1) is 23.5. The molecule has 168 valence electrons. The van der Waals surface area contributed by atoms with Crippen LogP contribution in [0.3, 0.4) is 0 Å². The molecule has 1 aliphatic heterocycles. The molecule has 0 aromatic heterocycles. The number of hydrogen-bond acceptors (Lipinski definition) is 4. The number of nitrogens with zero attached hydrogens (tertiary/aromatic N) is 1. The number of ether oxygens (including phenoxy) is 1. The zero-order chi connectivity index (χ0) is 23.3. The molecule has 1 aliphatic rings. The molecule has 2 unspecified atom stereocenters. The number of benzene rings is 2. The predicted octanol–water partition coefficient (Wildman–Crippen LogP) is 4.80. The molecular formula is C25H27ClN2O4. The monoisotopic (exact) mass is 454 g/mol. The second kappa shape index (κ2) is 10.5. The van der Waals surface area contributed by atoms with Gasteiger partial charge in [-0.3, -0.25) is 14.4 Å². The minimum Gasteiger partial charge on any atom is -0.463 e. The lowest BCUT2D eigenvalue weighted by molar-refractivity contribution is -0.148. The third kappa shape index (κ3) is 5.77. The van der Waals surface area contributed by atoms with E-state index in [1.807, 2.05) is 30.3 Å². The van der Waals surface area contributed by atoms with Gasteiger partial charge in [0.25, 0.3) is 0 Å². The van der Waals surface area contributed by atoms with Crippen molar-refractivity contribution < 1.29 is 19.1 Å². The molecule has 0 radical (unpaired) electrons. The van der Waals surface area contributed by atoms with E-state index in [9.17, 15) is 14.4 Å². The summed E-state index contributed by atoms with van der Waals surface area (Å²) < 4.78 is 5.27. The number of hydrogen-bond donors (Lipinski definition) is 1. The Labute approximate surface area is 193 Å². The van der Waals surface area contributed by atoms with E-state index in [0.29, 0.717) is 10.6 Å². The molecule has 0 aliphatic carbocycles. The summed E-state index contributed by atoms with van der Waals surface area (Å²) in [5.74, 6) is -0.883. The lowest BCUT2D eigenvalue weighted by Crippen LogP contribution is -2.37. The molecule has 0 bridgehead atoms. The largest absolute Gasteiger partial charge is 0.463 e.